The Labute approximate surface area is 128 Å². The van der Waals surface area contributed by atoms with Gasteiger partial charge in [0.05, 0.1) is 24.1 Å². The quantitative estimate of drug-likeness (QED) is 0.819. The summed E-state index contributed by atoms with van der Waals surface area (Å²) in [5, 5.41) is 2.52. The van der Waals surface area contributed by atoms with Gasteiger partial charge in [0, 0.05) is 20.1 Å². The number of urea groups is 1. The number of carbonyl (C=O) groups excluding carboxylic acids is 2. The molecule has 1 fully saturated rings. The van der Waals surface area contributed by atoms with Gasteiger partial charge >= 0.3 is 6.03 Å². The second kappa shape index (κ2) is 5.76. The standard InChI is InChI=1S/C15H19N5O2/c1-18(7-8-20-14(21)9-16-15(20)22)10-13-17-11-5-3-4-6-12(11)19(13)2/h3-6H,7-10H2,1-2H3,(H,16,22). The highest BCUT2D eigenvalue weighted by Gasteiger charge is 2.28. The van der Waals surface area contributed by atoms with Crippen molar-refractivity contribution < 1.29 is 9.59 Å². The molecule has 2 aromatic rings. The minimum absolute atomic E-state index is 0.104. The second-order valence-electron chi connectivity index (χ2n) is 5.52. The summed E-state index contributed by atoms with van der Waals surface area (Å²) in [7, 11) is 3.95. The Kier molecular flexibility index (Phi) is 3.81. The summed E-state index contributed by atoms with van der Waals surface area (Å²) in [6.45, 7) is 1.77. The number of hydrogen-bond donors (Lipinski definition) is 1. The highest BCUT2D eigenvalue weighted by Crippen LogP contribution is 2.15. The van der Waals surface area contributed by atoms with Crippen molar-refractivity contribution in [2.75, 3.05) is 26.7 Å². The van der Waals surface area contributed by atoms with Gasteiger partial charge in [-0.3, -0.25) is 14.6 Å². The first-order valence-corrected chi connectivity index (χ1v) is 7.23. The van der Waals surface area contributed by atoms with E-state index in [4.69, 9.17) is 0 Å². The van der Waals surface area contributed by atoms with Gasteiger partial charge in [-0.1, -0.05) is 12.1 Å². The first-order chi connectivity index (χ1) is 10.6. The van der Waals surface area contributed by atoms with Crippen molar-refractivity contribution >= 4 is 23.0 Å². The Morgan fingerprint density at radius 1 is 1.32 bits per heavy atom. The predicted octanol–water partition coefficient (Wildman–Crippen LogP) is 0.557. The fraction of sp³-hybridized carbons (Fsp3) is 0.400. The number of amides is 3. The monoisotopic (exact) mass is 301 g/mol. The molecule has 1 aromatic heterocycles. The smallest absolute Gasteiger partial charge is 0.324 e. The van der Waals surface area contributed by atoms with E-state index in [0.717, 1.165) is 16.9 Å². The summed E-state index contributed by atoms with van der Waals surface area (Å²) in [6.07, 6.45) is 0. The number of carbonyl (C=O) groups is 2. The molecule has 0 radical (unpaired) electrons. The summed E-state index contributed by atoms with van der Waals surface area (Å²) in [4.78, 5) is 31.0. The van der Waals surface area contributed by atoms with Crippen LogP contribution in [-0.2, 0) is 18.4 Å². The molecule has 0 atom stereocenters. The van der Waals surface area contributed by atoms with Gasteiger partial charge in [0.25, 0.3) is 0 Å². The minimum Gasteiger partial charge on any atom is -0.330 e. The molecule has 0 saturated carbocycles. The summed E-state index contributed by atoms with van der Waals surface area (Å²) in [6, 6.07) is 7.70. The van der Waals surface area contributed by atoms with E-state index in [9.17, 15) is 9.59 Å². The molecule has 3 amide bonds. The molecule has 3 rings (SSSR count). The second-order valence-corrected chi connectivity index (χ2v) is 5.52. The number of likely N-dealkylation sites (N-methyl/N-ethyl adjacent to an activating group) is 1. The van der Waals surface area contributed by atoms with E-state index in [0.29, 0.717) is 19.6 Å². The van der Waals surface area contributed by atoms with Crippen LogP contribution >= 0.6 is 0 Å². The Morgan fingerprint density at radius 3 is 2.77 bits per heavy atom. The van der Waals surface area contributed by atoms with Crippen LogP contribution in [0.4, 0.5) is 4.79 Å². The fourth-order valence-corrected chi connectivity index (χ4v) is 2.61. The summed E-state index contributed by atoms with van der Waals surface area (Å²) < 4.78 is 2.07. The van der Waals surface area contributed by atoms with E-state index >= 15 is 0 Å². The number of benzene rings is 1. The number of imide groups is 1. The lowest BCUT2D eigenvalue weighted by molar-refractivity contribution is -0.125. The Hall–Kier alpha value is -2.41. The summed E-state index contributed by atoms with van der Waals surface area (Å²) in [5.41, 5.74) is 2.07. The lowest BCUT2D eigenvalue weighted by Crippen LogP contribution is -2.37. The van der Waals surface area contributed by atoms with Gasteiger partial charge in [0.2, 0.25) is 5.91 Å². The third kappa shape index (κ3) is 2.67. The number of rotatable bonds is 5. The van der Waals surface area contributed by atoms with E-state index in [2.05, 4.69) is 19.8 Å². The van der Waals surface area contributed by atoms with Crippen LogP contribution in [0.15, 0.2) is 24.3 Å². The van der Waals surface area contributed by atoms with Gasteiger partial charge in [-0.05, 0) is 19.2 Å². The average Bonchev–Trinajstić information content (AvgIpc) is 2.99. The number of nitrogens with zero attached hydrogens (tertiary/aromatic N) is 4. The summed E-state index contributed by atoms with van der Waals surface area (Å²) in [5.74, 6) is 0.794. The molecule has 1 aliphatic rings. The highest BCUT2D eigenvalue weighted by molar-refractivity contribution is 6.01. The molecule has 7 nitrogen and oxygen atoms in total. The van der Waals surface area contributed by atoms with E-state index < -0.39 is 0 Å². The number of hydrogen-bond acceptors (Lipinski definition) is 4. The number of imidazole rings is 1. The molecule has 0 bridgehead atoms. The van der Waals surface area contributed by atoms with Crippen LogP contribution in [0, 0.1) is 0 Å². The van der Waals surface area contributed by atoms with Gasteiger partial charge in [0.1, 0.15) is 5.82 Å². The van der Waals surface area contributed by atoms with Crippen LogP contribution in [0.3, 0.4) is 0 Å². The van der Waals surface area contributed by atoms with Crippen LogP contribution in [-0.4, -0.2) is 58.0 Å². The zero-order valence-corrected chi connectivity index (χ0v) is 12.7. The molecule has 22 heavy (non-hydrogen) atoms. The Bertz CT molecular complexity index is 708. The molecule has 116 valence electrons. The zero-order valence-electron chi connectivity index (χ0n) is 12.7. The molecule has 1 aromatic carbocycles. The molecule has 0 spiro atoms. The zero-order chi connectivity index (χ0) is 15.7. The van der Waals surface area contributed by atoms with Crippen molar-refractivity contribution in [3.8, 4) is 0 Å². The molecule has 0 aliphatic carbocycles. The lowest BCUT2D eigenvalue weighted by Gasteiger charge is -2.19. The maximum atomic E-state index is 11.5. The van der Waals surface area contributed by atoms with Crippen LogP contribution in [0.5, 0.6) is 0 Å². The maximum Gasteiger partial charge on any atom is 0.324 e. The third-order valence-corrected chi connectivity index (χ3v) is 3.93. The third-order valence-electron chi connectivity index (χ3n) is 3.93. The Morgan fingerprint density at radius 2 is 2.09 bits per heavy atom. The average molecular weight is 301 g/mol. The first kappa shape index (κ1) is 14.5. The minimum atomic E-state index is -0.305. The van der Waals surface area contributed by atoms with E-state index in [1.807, 2.05) is 38.4 Å². The van der Waals surface area contributed by atoms with Crippen LogP contribution in [0.2, 0.25) is 0 Å². The number of aryl methyl sites for hydroxylation is 1. The molecule has 2 heterocycles. The SMILES string of the molecule is CN(CCN1C(=O)CNC1=O)Cc1nc2ccccc2n1C. The van der Waals surface area contributed by atoms with Crippen molar-refractivity contribution in [2.45, 2.75) is 6.54 Å². The van der Waals surface area contributed by atoms with Gasteiger partial charge in [-0.25, -0.2) is 9.78 Å². The van der Waals surface area contributed by atoms with Crippen molar-refractivity contribution in [1.82, 2.24) is 24.7 Å². The molecular formula is C15H19N5O2. The molecule has 1 aliphatic heterocycles. The van der Waals surface area contributed by atoms with Gasteiger partial charge in [-0.2, -0.15) is 0 Å². The lowest BCUT2D eigenvalue weighted by atomic mass is 10.3. The largest absolute Gasteiger partial charge is 0.330 e. The highest BCUT2D eigenvalue weighted by atomic mass is 16.2. The van der Waals surface area contributed by atoms with Gasteiger partial charge < -0.3 is 9.88 Å². The topological polar surface area (TPSA) is 70.5 Å². The van der Waals surface area contributed by atoms with Crippen molar-refractivity contribution in [2.24, 2.45) is 7.05 Å². The van der Waals surface area contributed by atoms with E-state index in [1.165, 1.54) is 4.90 Å². The summed E-state index contributed by atoms with van der Waals surface area (Å²) >= 11 is 0. The Balaban J connectivity index is 1.63. The number of nitrogens with one attached hydrogen (secondary N) is 1. The molecular weight excluding hydrogens is 282 g/mol. The number of fused-ring (bicyclic) bond motifs is 1. The normalized spacial score (nSPS) is 15.1. The molecule has 0 unspecified atom stereocenters. The van der Waals surface area contributed by atoms with Crippen LogP contribution in [0.1, 0.15) is 5.82 Å². The first-order valence-electron chi connectivity index (χ1n) is 7.23. The van der Waals surface area contributed by atoms with E-state index in [1.54, 1.807) is 0 Å². The van der Waals surface area contributed by atoms with Crippen molar-refractivity contribution in [1.29, 1.82) is 0 Å². The number of aromatic nitrogens is 2. The molecule has 7 heteroatoms. The molecule has 1 N–H and O–H groups in total. The van der Waals surface area contributed by atoms with Gasteiger partial charge in [0.15, 0.2) is 0 Å². The van der Waals surface area contributed by atoms with Crippen LogP contribution in [0.25, 0.3) is 11.0 Å². The van der Waals surface area contributed by atoms with Gasteiger partial charge in [-0.15, -0.1) is 0 Å². The van der Waals surface area contributed by atoms with Crippen molar-refractivity contribution in [3.05, 3.63) is 30.1 Å². The fourth-order valence-electron chi connectivity index (χ4n) is 2.61. The van der Waals surface area contributed by atoms with Crippen LogP contribution < -0.4 is 5.32 Å². The number of para-hydroxylation sites is 2. The van der Waals surface area contributed by atoms with E-state index in [-0.39, 0.29) is 18.5 Å². The predicted molar refractivity (Wildman–Crippen MR) is 82.2 cm³/mol. The van der Waals surface area contributed by atoms with Crippen molar-refractivity contribution in [3.63, 3.8) is 0 Å². The molecule has 1 saturated heterocycles. The maximum absolute atomic E-state index is 11.5.